The summed E-state index contributed by atoms with van der Waals surface area (Å²) >= 11 is 0. The largest absolute Gasteiger partial charge is 0.462 e. The van der Waals surface area contributed by atoms with Gasteiger partial charge < -0.3 is 14.6 Å². The van der Waals surface area contributed by atoms with E-state index in [9.17, 15) is 14.7 Å². The highest BCUT2D eigenvalue weighted by molar-refractivity contribution is 5.82. The van der Waals surface area contributed by atoms with Crippen molar-refractivity contribution < 1.29 is 24.2 Å². The number of ether oxygens (including phenoxy) is 2. The van der Waals surface area contributed by atoms with Crippen molar-refractivity contribution >= 4 is 11.8 Å². The van der Waals surface area contributed by atoms with E-state index in [-0.39, 0.29) is 30.4 Å². The first kappa shape index (κ1) is 24.6. The Morgan fingerprint density at radius 1 is 1.29 bits per heavy atom. The van der Waals surface area contributed by atoms with E-state index in [1.54, 1.807) is 0 Å². The Morgan fingerprint density at radius 2 is 1.96 bits per heavy atom. The van der Waals surface area contributed by atoms with E-state index in [0.717, 1.165) is 43.3 Å². The molecule has 0 saturated carbocycles. The Hall–Kier alpha value is -1.46. The van der Waals surface area contributed by atoms with Gasteiger partial charge in [0.2, 0.25) is 0 Å². The van der Waals surface area contributed by atoms with Crippen molar-refractivity contribution in [2.45, 2.75) is 84.8 Å². The minimum atomic E-state index is -0.444. The van der Waals surface area contributed by atoms with Gasteiger partial charge in [-0.25, -0.2) is 0 Å². The van der Waals surface area contributed by atoms with E-state index in [1.165, 1.54) is 6.92 Å². The Bertz CT molecular complexity index is 578. The van der Waals surface area contributed by atoms with Gasteiger partial charge in [0.1, 0.15) is 18.0 Å². The predicted octanol–water partition coefficient (Wildman–Crippen LogP) is 4.38. The first-order chi connectivity index (χ1) is 13.1. The number of ketones is 1. The fraction of sp³-hybridized carbons (Fsp3) is 0.739. The molecule has 1 heterocycles. The van der Waals surface area contributed by atoms with Crippen molar-refractivity contribution in [1.29, 1.82) is 0 Å². The zero-order valence-electron chi connectivity index (χ0n) is 18.3. The lowest BCUT2D eigenvalue weighted by Gasteiger charge is -2.15. The lowest BCUT2D eigenvalue weighted by atomic mass is 9.89. The molecule has 0 aromatic heterocycles. The summed E-state index contributed by atoms with van der Waals surface area (Å²) < 4.78 is 10.7. The van der Waals surface area contributed by atoms with Crippen molar-refractivity contribution in [3.63, 3.8) is 0 Å². The third kappa shape index (κ3) is 8.27. The van der Waals surface area contributed by atoms with E-state index in [0.29, 0.717) is 18.9 Å². The van der Waals surface area contributed by atoms with Gasteiger partial charge in [-0.1, -0.05) is 38.5 Å². The molecule has 1 rings (SSSR count). The average molecular weight is 395 g/mol. The Morgan fingerprint density at radius 3 is 2.54 bits per heavy atom. The summed E-state index contributed by atoms with van der Waals surface area (Å²) in [7, 11) is 0. The highest BCUT2D eigenvalue weighted by Gasteiger charge is 2.54. The minimum Gasteiger partial charge on any atom is -0.462 e. The molecule has 0 aromatic rings. The Kier molecular flexibility index (Phi) is 10.1. The number of hydrogen-bond acceptors (Lipinski definition) is 5. The Balaban J connectivity index is 2.32. The number of hydrogen-bond donors (Lipinski definition) is 1. The normalized spacial score (nSPS) is 22.8. The molecule has 0 bridgehead atoms. The fourth-order valence-corrected chi connectivity index (χ4v) is 3.24. The quantitative estimate of drug-likeness (QED) is 0.269. The van der Waals surface area contributed by atoms with Crippen LogP contribution in [0, 0.1) is 11.8 Å². The maximum absolute atomic E-state index is 12.3. The number of Topliss-reactive ketones (excluding diaryl/α,β-unsaturated/α-hetero) is 1. The molecule has 0 aliphatic carbocycles. The molecule has 1 N–H and O–H groups in total. The minimum absolute atomic E-state index is 0.00916. The monoisotopic (exact) mass is 394 g/mol. The van der Waals surface area contributed by atoms with Crippen molar-refractivity contribution in [3.05, 3.63) is 23.8 Å². The first-order valence-electron chi connectivity index (χ1n) is 10.4. The van der Waals surface area contributed by atoms with Gasteiger partial charge in [-0.15, -0.1) is 0 Å². The van der Waals surface area contributed by atoms with Gasteiger partial charge in [-0.3, -0.25) is 9.59 Å². The highest BCUT2D eigenvalue weighted by Crippen LogP contribution is 2.44. The molecule has 0 amide bonds. The summed E-state index contributed by atoms with van der Waals surface area (Å²) in [4.78, 5) is 23.1. The Labute approximate surface area is 170 Å². The van der Waals surface area contributed by atoms with Gasteiger partial charge in [0.15, 0.2) is 0 Å². The molecule has 0 spiro atoms. The van der Waals surface area contributed by atoms with Gasteiger partial charge in [-0.05, 0) is 51.0 Å². The average Bonchev–Trinajstić information content (AvgIpc) is 3.32. The molecule has 28 heavy (non-hydrogen) atoms. The van der Waals surface area contributed by atoms with E-state index < -0.39 is 5.60 Å². The maximum Gasteiger partial charge on any atom is 0.302 e. The standard InChI is InChI=1S/C23H38O5/c1-16(2)19(5)14-21(26)18(4)8-7-12-23(15-24)22(28-23)10-9-17(3)11-13-27-20(6)25/h11,16,18,22,24H,5,7-10,12-15H2,1-4,6H3/b17-11-/t18-,22-,23+/m1/s1. The molecular weight excluding hydrogens is 356 g/mol. The number of rotatable bonds is 14. The van der Waals surface area contributed by atoms with Gasteiger partial charge >= 0.3 is 5.97 Å². The maximum atomic E-state index is 12.3. The summed E-state index contributed by atoms with van der Waals surface area (Å²) in [6.07, 6.45) is 6.55. The van der Waals surface area contributed by atoms with Crippen LogP contribution < -0.4 is 0 Å². The second-order valence-electron chi connectivity index (χ2n) is 8.47. The topological polar surface area (TPSA) is 76.1 Å². The van der Waals surface area contributed by atoms with Crippen LogP contribution in [0.15, 0.2) is 23.8 Å². The number of carbonyl (C=O) groups excluding carboxylic acids is 2. The number of epoxide rings is 1. The number of aliphatic hydroxyl groups excluding tert-OH is 1. The molecule has 5 heteroatoms. The van der Waals surface area contributed by atoms with Crippen LogP contribution in [-0.2, 0) is 19.1 Å². The summed E-state index contributed by atoms with van der Waals surface area (Å²) in [5, 5.41) is 9.77. The van der Waals surface area contributed by atoms with Crippen LogP contribution in [0.4, 0.5) is 0 Å². The molecule has 1 aliphatic rings. The van der Waals surface area contributed by atoms with Crippen LogP contribution in [0.5, 0.6) is 0 Å². The SMILES string of the molecule is C=C(CC(=O)[C@H](C)CCC[C@@]1(CO)O[C@@H]1CC/C(C)=C\COC(C)=O)C(C)C. The van der Waals surface area contributed by atoms with Crippen molar-refractivity contribution in [2.24, 2.45) is 11.8 Å². The fourth-order valence-electron chi connectivity index (χ4n) is 3.24. The van der Waals surface area contributed by atoms with Crippen LogP contribution in [0.2, 0.25) is 0 Å². The second kappa shape index (κ2) is 11.5. The molecule has 160 valence electrons. The van der Waals surface area contributed by atoms with Crippen LogP contribution in [0.1, 0.15) is 73.1 Å². The summed E-state index contributed by atoms with van der Waals surface area (Å²) in [5.74, 6) is 0.310. The third-order valence-electron chi connectivity index (χ3n) is 5.70. The smallest absolute Gasteiger partial charge is 0.302 e. The molecule has 5 nitrogen and oxygen atoms in total. The van der Waals surface area contributed by atoms with Gasteiger partial charge in [-0.2, -0.15) is 0 Å². The van der Waals surface area contributed by atoms with Gasteiger partial charge in [0.25, 0.3) is 0 Å². The van der Waals surface area contributed by atoms with Crippen molar-refractivity contribution in [3.8, 4) is 0 Å². The molecule has 1 fully saturated rings. The molecule has 1 saturated heterocycles. The zero-order chi connectivity index (χ0) is 21.3. The van der Waals surface area contributed by atoms with Crippen molar-refractivity contribution in [1.82, 2.24) is 0 Å². The molecule has 0 unspecified atom stereocenters. The summed E-state index contributed by atoms with van der Waals surface area (Å²) in [6, 6.07) is 0. The lowest BCUT2D eigenvalue weighted by molar-refractivity contribution is -0.139. The lowest BCUT2D eigenvalue weighted by Crippen LogP contribution is -2.21. The second-order valence-corrected chi connectivity index (χ2v) is 8.47. The zero-order valence-corrected chi connectivity index (χ0v) is 18.3. The predicted molar refractivity (Wildman–Crippen MR) is 111 cm³/mol. The van der Waals surface area contributed by atoms with E-state index in [4.69, 9.17) is 9.47 Å². The number of allylic oxidation sites excluding steroid dienone is 2. The molecular formula is C23H38O5. The van der Waals surface area contributed by atoms with Gasteiger partial charge in [0, 0.05) is 19.3 Å². The van der Waals surface area contributed by atoms with E-state index >= 15 is 0 Å². The molecule has 1 aliphatic heterocycles. The number of aliphatic hydroxyl groups is 1. The summed E-state index contributed by atoms with van der Waals surface area (Å²) in [6.45, 7) is 13.8. The highest BCUT2D eigenvalue weighted by atomic mass is 16.6. The third-order valence-corrected chi connectivity index (χ3v) is 5.70. The number of esters is 1. The van der Waals surface area contributed by atoms with Crippen molar-refractivity contribution in [2.75, 3.05) is 13.2 Å². The van der Waals surface area contributed by atoms with E-state index in [2.05, 4.69) is 20.4 Å². The van der Waals surface area contributed by atoms with E-state index in [1.807, 2.05) is 19.9 Å². The van der Waals surface area contributed by atoms with Gasteiger partial charge in [0.05, 0.1) is 12.7 Å². The molecule has 0 radical (unpaired) electrons. The molecule has 3 atom stereocenters. The molecule has 0 aromatic carbocycles. The number of carbonyl (C=O) groups is 2. The van der Waals surface area contributed by atoms with Crippen LogP contribution in [-0.4, -0.2) is 41.8 Å². The van der Waals surface area contributed by atoms with Crippen LogP contribution in [0.25, 0.3) is 0 Å². The van der Waals surface area contributed by atoms with Crippen LogP contribution >= 0.6 is 0 Å². The first-order valence-corrected chi connectivity index (χ1v) is 10.4. The summed E-state index contributed by atoms with van der Waals surface area (Å²) in [5.41, 5.74) is 1.69. The van der Waals surface area contributed by atoms with Crippen LogP contribution in [0.3, 0.4) is 0 Å².